The SMILES string of the molecule is CC(C)(Br)C(=O)OCCC(F)(F)C(=O)O. The van der Waals surface area contributed by atoms with Crippen LogP contribution in [0.15, 0.2) is 0 Å². The first-order chi connectivity index (χ1) is 6.57. The summed E-state index contributed by atoms with van der Waals surface area (Å²) in [4.78, 5) is 21.1. The average Bonchev–Trinajstić information content (AvgIpc) is 2.01. The number of aliphatic carboxylic acids is 1. The summed E-state index contributed by atoms with van der Waals surface area (Å²) < 4.78 is 28.5. The topological polar surface area (TPSA) is 63.6 Å². The molecule has 0 atom stereocenters. The van der Waals surface area contributed by atoms with E-state index >= 15 is 0 Å². The first-order valence-electron chi connectivity index (χ1n) is 4.05. The summed E-state index contributed by atoms with van der Waals surface area (Å²) in [7, 11) is 0. The fraction of sp³-hybridized carbons (Fsp3) is 0.750. The lowest BCUT2D eigenvalue weighted by Gasteiger charge is -2.16. The van der Waals surface area contributed by atoms with Crippen LogP contribution in [-0.4, -0.2) is 33.9 Å². The maximum atomic E-state index is 12.5. The van der Waals surface area contributed by atoms with Crippen LogP contribution < -0.4 is 0 Å². The number of carboxylic acids is 1. The number of rotatable bonds is 5. The van der Waals surface area contributed by atoms with Gasteiger partial charge in [-0.3, -0.25) is 4.79 Å². The molecule has 0 radical (unpaired) electrons. The summed E-state index contributed by atoms with van der Waals surface area (Å²) in [5.74, 6) is -6.81. The minimum Gasteiger partial charge on any atom is -0.477 e. The Bertz CT molecular complexity index is 260. The number of carbonyl (C=O) groups is 2. The summed E-state index contributed by atoms with van der Waals surface area (Å²) in [6, 6.07) is 0. The van der Waals surface area contributed by atoms with Crippen LogP contribution in [0.1, 0.15) is 20.3 Å². The fourth-order valence-corrected chi connectivity index (χ4v) is 0.665. The molecule has 0 fully saturated rings. The van der Waals surface area contributed by atoms with Gasteiger partial charge < -0.3 is 9.84 Å². The quantitative estimate of drug-likeness (QED) is 0.619. The molecule has 0 heterocycles. The molecule has 0 aromatic rings. The lowest BCUT2D eigenvalue weighted by Crippen LogP contribution is -2.32. The maximum Gasteiger partial charge on any atom is 0.374 e. The summed E-state index contributed by atoms with van der Waals surface area (Å²) in [6.45, 7) is 2.35. The molecule has 1 N–H and O–H groups in total. The highest BCUT2D eigenvalue weighted by Crippen LogP contribution is 2.21. The molecule has 15 heavy (non-hydrogen) atoms. The average molecular weight is 289 g/mol. The van der Waals surface area contributed by atoms with Crippen molar-refractivity contribution in [1.82, 2.24) is 0 Å². The third-order valence-electron chi connectivity index (χ3n) is 1.45. The molecule has 0 saturated heterocycles. The van der Waals surface area contributed by atoms with Crippen LogP contribution in [0.25, 0.3) is 0 Å². The van der Waals surface area contributed by atoms with Gasteiger partial charge in [-0.05, 0) is 13.8 Å². The van der Waals surface area contributed by atoms with E-state index in [1.807, 2.05) is 0 Å². The molecule has 0 aliphatic rings. The van der Waals surface area contributed by atoms with Crippen molar-refractivity contribution in [3.63, 3.8) is 0 Å². The molecule has 0 bridgehead atoms. The van der Waals surface area contributed by atoms with Gasteiger partial charge in [0.25, 0.3) is 0 Å². The standard InChI is InChI=1S/C8H11BrF2O4/c1-7(2,9)6(14)15-4-3-8(10,11)5(12)13/h3-4H2,1-2H3,(H,12,13). The largest absolute Gasteiger partial charge is 0.477 e. The number of carbonyl (C=O) groups excluding carboxylic acids is 1. The lowest BCUT2D eigenvalue weighted by atomic mass is 10.2. The van der Waals surface area contributed by atoms with Crippen molar-refractivity contribution in [3.05, 3.63) is 0 Å². The smallest absolute Gasteiger partial charge is 0.374 e. The molecule has 0 spiro atoms. The van der Waals surface area contributed by atoms with Gasteiger partial charge in [0.05, 0.1) is 13.0 Å². The van der Waals surface area contributed by atoms with E-state index in [1.165, 1.54) is 13.8 Å². The second-order valence-corrected chi connectivity index (χ2v) is 5.35. The lowest BCUT2D eigenvalue weighted by molar-refractivity contribution is -0.169. The molecule has 0 saturated carbocycles. The second-order valence-electron chi connectivity index (χ2n) is 3.37. The Hall–Kier alpha value is -0.720. The molecule has 0 amide bonds. The van der Waals surface area contributed by atoms with E-state index in [9.17, 15) is 18.4 Å². The summed E-state index contributed by atoms with van der Waals surface area (Å²) in [5, 5.41) is 8.07. The monoisotopic (exact) mass is 288 g/mol. The zero-order valence-electron chi connectivity index (χ0n) is 8.22. The van der Waals surface area contributed by atoms with Gasteiger partial charge in [-0.1, -0.05) is 15.9 Å². The third kappa shape index (κ3) is 5.06. The minimum atomic E-state index is -3.86. The first-order valence-corrected chi connectivity index (χ1v) is 4.84. The van der Waals surface area contributed by atoms with Gasteiger partial charge in [-0.25, -0.2) is 4.79 Å². The van der Waals surface area contributed by atoms with E-state index < -0.39 is 35.2 Å². The number of alkyl halides is 3. The molecule has 4 nitrogen and oxygen atoms in total. The van der Waals surface area contributed by atoms with Crippen molar-refractivity contribution < 1.29 is 28.2 Å². The molecule has 0 aromatic carbocycles. The van der Waals surface area contributed by atoms with Gasteiger partial charge in [-0.15, -0.1) is 0 Å². The van der Waals surface area contributed by atoms with Crippen LogP contribution in [0, 0.1) is 0 Å². The van der Waals surface area contributed by atoms with Crippen LogP contribution in [0.2, 0.25) is 0 Å². The number of carboxylic acid groups (broad SMARTS) is 1. The van der Waals surface area contributed by atoms with Gasteiger partial charge in [0, 0.05) is 0 Å². The van der Waals surface area contributed by atoms with Crippen molar-refractivity contribution in [3.8, 4) is 0 Å². The molecule has 0 aromatic heterocycles. The second kappa shape index (κ2) is 4.87. The highest BCUT2D eigenvalue weighted by molar-refractivity contribution is 9.10. The van der Waals surface area contributed by atoms with Gasteiger partial charge in [-0.2, -0.15) is 8.78 Å². The maximum absolute atomic E-state index is 12.5. The van der Waals surface area contributed by atoms with Crippen molar-refractivity contribution in [2.45, 2.75) is 30.5 Å². The van der Waals surface area contributed by atoms with Gasteiger partial charge in [0.2, 0.25) is 0 Å². The van der Waals surface area contributed by atoms with Gasteiger partial charge >= 0.3 is 17.9 Å². The van der Waals surface area contributed by atoms with E-state index in [0.29, 0.717) is 0 Å². The number of ether oxygens (including phenoxy) is 1. The van der Waals surface area contributed by atoms with Crippen LogP contribution in [0.4, 0.5) is 8.78 Å². The van der Waals surface area contributed by atoms with E-state index in [-0.39, 0.29) is 0 Å². The summed E-state index contributed by atoms with van der Waals surface area (Å²) in [6.07, 6.45) is -1.03. The predicted molar refractivity (Wildman–Crippen MR) is 51.2 cm³/mol. The van der Waals surface area contributed by atoms with Crippen molar-refractivity contribution in [2.75, 3.05) is 6.61 Å². The van der Waals surface area contributed by atoms with Crippen LogP contribution >= 0.6 is 15.9 Å². The van der Waals surface area contributed by atoms with Crippen molar-refractivity contribution >= 4 is 27.9 Å². The third-order valence-corrected chi connectivity index (χ3v) is 1.77. The normalized spacial score (nSPS) is 12.3. The van der Waals surface area contributed by atoms with Crippen LogP contribution in [-0.2, 0) is 14.3 Å². The van der Waals surface area contributed by atoms with E-state index in [4.69, 9.17) is 5.11 Å². The van der Waals surface area contributed by atoms with Crippen molar-refractivity contribution in [2.24, 2.45) is 0 Å². The summed E-state index contributed by atoms with van der Waals surface area (Å²) >= 11 is 2.98. The summed E-state index contributed by atoms with van der Waals surface area (Å²) in [5.41, 5.74) is 0. The van der Waals surface area contributed by atoms with Crippen LogP contribution in [0.5, 0.6) is 0 Å². The first kappa shape index (κ1) is 14.3. The van der Waals surface area contributed by atoms with Gasteiger partial charge in [0.15, 0.2) is 0 Å². The number of halogens is 3. The Morgan fingerprint density at radius 2 is 1.87 bits per heavy atom. The Morgan fingerprint density at radius 1 is 1.40 bits per heavy atom. The van der Waals surface area contributed by atoms with E-state index in [0.717, 1.165) is 0 Å². The Labute approximate surface area is 93.7 Å². The Morgan fingerprint density at radius 3 is 2.20 bits per heavy atom. The molecular weight excluding hydrogens is 278 g/mol. The van der Waals surface area contributed by atoms with E-state index in [1.54, 1.807) is 0 Å². The van der Waals surface area contributed by atoms with Gasteiger partial charge in [0.1, 0.15) is 4.32 Å². The highest BCUT2D eigenvalue weighted by Gasteiger charge is 2.39. The van der Waals surface area contributed by atoms with E-state index in [2.05, 4.69) is 20.7 Å². The molecule has 0 rings (SSSR count). The molecule has 88 valence electrons. The zero-order chi connectivity index (χ0) is 12.3. The predicted octanol–water partition coefficient (Wildman–Crippen LogP) is 1.81. The number of hydrogen-bond acceptors (Lipinski definition) is 3. The highest BCUT2D eigenvalue weighted by atomic mass is 79.9. The Kier molecular flexibility index (Phi) is 4.64. The molecule has 0 unspecified atom stereocenters. The minimum absolute atomic E-state index is 0.632. The molecule has 0 aliphatic heterocycles. The molecular formula is C8H11BrF2O4. The number of esters is 1. The zero-order valence-corrected chi connectivity index (χ0v) is 9.81. The Balaban J connectivity index is 4.01. The molecule has 7 heteroatoms. The van der Waals surface area contributed by atoms with Crippen LogP contribution in [0.3, 0.4) is 0 Å². The molecule has 0 aliphatic carbocycles. The fourth-order valence-electron chi connectivity index (χ4n) is 0.550. The number of hydrogen-bond donors (Lipinski definition) is 1. The van der Waals surface area contributed by atoms with Crippen molar-refractivity contribution in [1.29, 1.82) is 0 Å².